The monoisotopic (exact) mass is 174 g/mol. The lowest BCUT2D eigenvalue weighted by Crippen LogP contribution is -1.98. The maximum atomic E-state index is 10.7. The molecule has 0 radical (unpaired) electrons. The van der Waals surface area contributed by atoms with Crippen LogP contribution in [0.25, 0.3) is 11.0 Å². The lowest BCUT2D eigenvalue weighted by molar-refractivity contribution is 0.0699. The van der Waals surface area contributed by atoms with Crippen molar-refractivity contribution in [3.05, 3.63) is 36.2 Å². The molecule has 0 fully saturated rings. The molecule has 2 rings (SSSR count). The SMILES string of the molecule is O=C(O)c1cccc2nccnc12. The van der Waals surface area contributed by atoms with E-state index in [0.717, 1.165) is 0 Å². The highest BCUT2D eigenvalue weighted by Gasteiger charge is 2.08. The van der Waals surface area contributed by atoms with Gasteiger partial charge in [-0.2, -0.15) is 0 Å². The van der Waals surface area contributed by atoms with E-state index in [-0.39, 0.29) is 5.56 Å². The van der Waals surface area contributed by atoms with Gasteiger partial charge >= 0.3 is 5.97 Å². The minimum Gasteiger partial charge on any atom is -0.478 e. The largest absolute Gasteiger partial charge is 0.478 e. The normalized spacial score (nSPS) is 10.2. The van der Waals surface area contributed by atoms with E-state index in [1.54, 1.807) is 12.1 Å². The van der Waals surface area contributed by atoms with Crippen LogP contribution in [0.15, 0.2) is 30.6 Å². The van der Waals surface area contributed by atoms with Crippen LogP contribution in [0.4, 0.5) is 0 Å². The fourth-order valence-corrected chi connectivity index (χ4v) is 1.17. The van der Waals surface area contributed by atoms with E-state index in [1.165, 1.54) is 18.5 Å². The molecule has 0 amide bonds. The van der Waals surface area contributed by atoms with Gasteiger partial charge in [-0.1, -0.05) is 6.07 Å². The first kappa shape index (κ1) is 7.67. The number of nitrogens with zero attached hydrogens (tertiary/aromatic N) is 2. The van der Waals surface area contributed by atoms with E-state index in [1.807, 2.05) is 0 Å². The standard InChI is InChI=1S/C9H6N2O2/c12-9(13)6-2-1-3-7-8(6)11-5-4-10-7/h1-5H,(H,12,13). The summed E-state index contributed by atoms with van der Waals surface area (Å²) in [6.45, 7) is 0. The lowest BCUT2D eigenvalue weighted by atomic mass is 10.2. The summed E-state index contributed by atoms with van der Waals surface area (Å²) in [6.07, 6.45) is 3.02. The molecule has 0 saturated carbocycles. The molecule has 0 aliphatic carbocycles. The van der Waals surface area contributed by atoms with Crippen LogP contribution in [0, 0.1) is 0 Å². The summed E-state index contributed by atoms with van der Waals surface area (Å²) < 4.78 is 0. The van der Waals surface area contributed by atoms with E-state index in [0.29, 0.717) is 11.0 Å². The van der Waals surface area contributed by atoms with Crippen molar-refractivity contribution in [1.29, 1.82) is 0 Å². The Morgan fingerprint density at radius 1 is 1.23 bits per heavy atom. The number of carboxylic acid groups (broad SMARTS) is 1. The molecule has 1 N–H and O–H groups in total. The Morgan fingerprint density at radius 2 is 2.00 bits per heavy atom. The molecule has 1 aromatic heterocycles. The van der Waals surface area contributed by atoms with Crippen LogP contribution in [-0.2, 0) is 0 Å². The summed E-state index contributed by atoms with van der Waals surface area (Å²) in [7, 11) is 0. The Balaban J connectivity index is 2.83. The van der Waals surface area contributed by atoms with Gasteiger partial charge in [-0.05, 0) is 12.1 Å². The minimum atomic E-state index is -0.980. The number of carboxylic acids is 1. The van der Waals surface area contributed by atoms with Gasteiger partial charge in [0.15, 0.2) is 0 Å². The van der Waals surface area contributed by atoms with Crippen LogP contribution >= 0.6 is 0 Å². The topological polar surface area (TPSA) is 63.1 Å². The second-order valence-corrected chi connectivity index (χ2v) is 2.53. The highest BCUT2D eigenvalue weighted by atomic mass is 16.4. The molecule has 0 aliphatic rings. The van der Waals surface area contributed by atoms with Crippen LogP contribution in [0.5, 0.6) is 0 Å². The smallest absolute Gasteiger partial charge is 0.337 e. The average molecular weight is 174 g/mol. The predicted molar refractivity (Wildman–Crippen MR) is 46.5 cm³/mol. The number of rotatable bonds is 1. The minimum absolute atomic E-state index is 0.186. The number of aromatic carboxylic acids is 1. The van der Waals surface area contributed by atoms with Gasteiger partial charge in [0.05, 0.1) is 11.1 Å². The number of aromatic nitrogens is 2. The summed E-state index contributed by atoms with van der Waals surface area (Å²) in [6, 6.07) is 4.90. The Kier molecular flexibility index (Phi) is 1.66. The second kappa shape index (κ2) is 2.82. The van der Waals surface area contributed by atoms with Crippen LogP contribution in [0.3, 0.4) is 0 Å². The van der Waals surface area contributed by atoms with Crippen molar-refractivity contribution in [2.45, 2.75) is 0 Å². The quantitative estimate of drug-likeness (QED) is 0.708. The van der Waals surface area contributed by atoms with E-state index in [9.17, 15) is 4.79 Å². The van der Waals surface area contributed by atoms with Crippen LogP contribution in [-0.4, -0.2) is 21.0 Å². The lowest BCUT2D eigenvalue weighted by Gasteiger charge is -1.98. The van der Waals surface area contributed by atoms with Crippen LogP contribution < -0.4 is 0 Å². The summed E-state index contributed by atoms with van der Waals surface area (Å²) in [5.41, 5.74) is 1.21. The molecular weight excluding hydrogens is 168 g/mol. The highest BCUT2D eigenvalue weighted by molar-refractivity contribution is 6.00. The first-order valence-electron chi connectivity index (χ1n) is 3.72. The molecule has 0 spiro atoms. The molecule has 0 saturated heterocycles. The molecule has 64 valence electrons. The summed E-state index contributed by atoms with van der Waals surface area (Å²) in [4.78, 5) is 18.7. The van der Waals surface area contributed by atoms with Crippen LogP contribution in [0.2, 0.25) is 0 Å². The number of benzene rings is 1. The van der Waals surface area contributed by atoms with Crippen molar-refractivity contribution in [2.24, 2.45) is 0 Å². The Hall–Kier alpha value is -1.97. The molecule has 4 heteroatoms. The predicted octanol–water partition coefficient (Wildman–Crippen LogP) is 1.33. The van der Waals surface area contributed by atoms with E-state index in [4.69, 9.17) is 5.11 Å². The van der Waals surface area contributed by atoms with Crippen molar-refractivity contribution in [3.8, 4) is 0 Å². The molecule has 0 atom stereocenters. The molecule has 2 aromatic rings. The molecule has 4 nitrogen and oxygen atoms in total. The Morgan fingerprint density at radius 3 is 2.77 bits per heavy atom. The molecule has 13 heavy (non-hydrogen) atoms. The first-order chi connectivity index (χ1) is 6.29. The highest BCUT2D eigenvalue weighted by Crippen LogP contribution is 2.12. The zero-order valence-electron chi connectivity index (χ0n) is 6.64. The number of para-hydroxylation sites is 1. The third-order valence-electron chi connectivity index (χ3n) is 1.73. The van der Waals surface area contributed by atoms with Gasteiger partial charge in [0.25, 0.3) is 0 Å². The Labute approximate surface area is 73.9 Å². The van der Waals surface area contributed by atoms with E-state index < -0.39 is 5.97 Å². The van der Waals surface area contributed by atoms with Crippen molar-refractivity contribution in [3.63, 3.8) is 0 Å². The summed E-state index contributed by atoms with van der Waals surface area (Å²) in [5, 5.41) is 8.82. The van der Waals surface area contributed by atoms with E-state index >= 15 is 0 Å². The zero-order chi connectivity index (χ0) is 9.26. The summed E-state index contributed by atoms with van der Waals surface area (Å²) in [5.74, 6) is -0.980. The number of hydrogen-bond donors (Lipinski definition) is 1. The molecule has 1 aromatic carbocycles. The molecule has 0 unspecified atom stereocenters. The molecule has 1 heterocycles. The van der Waals surface area contributed by atoms with Gasteiger partial charge < -0.3 is 5.11 Å². The van der Waals surface area contributed by atoms with Gasteiger partial charge in [-0.15, -0.1) is 0 Å². The number of carbonyl (C=O) groups is 1. The van der Waals surface area contributed by atoms with Gasteiger partial charge in [0, 0.05) is 12.4 Å². The maximum absolute atomic E-state index is 10.7. The van der Waals surface area contributed by atoms with Crippen molar-refractivity contribution < 1.29 is 9.90 Å². The third kappa shape index (κ3) is 1.22. The van der Waals surface area contributed by atoms with Gasteiger partial charge in [0.2, 0.25) is 0 Å². The van der Waals surface area contributed by atoms with E-state index in [2.05, 4.69) is 9.97 Å². The fraction of sp³-hybridized carbons (Fsp3) is 0. The van der Waals surface area contributed by atoms with Gasteiger partial charge in [-0.25, -0.2) is 4.79 Å². The van der Waals surface area contributed by atoms with Gasteiger partial charge in [-0.3, -0.25) is 9.97 Å². The average Bonchev–Trinajstić information content (AvgIpc) is 2.17. The van der Waals surface area contributed by atoms with Crippen molar-refractivity contribution in [1.82, 2.24) is 9.97 Å². The zero-order valence-corrected chi connectivity index (χ0v) is 6.64. The first-order valence-corrected chi connectivity index (χ1v) is 3.72. The number of fused-ring (bicyclic) bond motifs is 1. The molecule has 0 aliphatic heterocycles. The van der Waals surface area contributed by atoms with Crippen molar-refractivity contribution in [2.75, 3.05) is 0 Å². The molecular formula is C9H6N2O2. The maximum Gasteiger partial charge on any atom is 0.337 e. The fourth-order valence-electron chi connectivity index (χ4n) is 1.17. The summed E-state index contributed by atoms with van der Waals surface area (Å²) >= 11 is 0. The third-order valence-corrected chi connectivity index (χ3v) is 1.73. The van der Waals surface area contributed by atoms with Gasteiger partial charge in [0.1, 0.15) is 5.52 Å². The Bertz CT molecular complexity index is 463. The van der Waals surface area contributed by atoms with Crippen LogP contribution in [0.1, 0.15) is 10.4 Å². The van der Waals surface area contributed by atoms with Crippen molar-refractivity contribution >= 4 is 17.0 Å². The second-order valence-electron chi connectivity index (χ2n) is 2.53. The molecule has 0 bridgehead atoms. The number of hydrogen-bond acceptors (Lipinski definition) is 3.